The summed E-state index contributed by atoms with van der Waals surface area (Å²) in [7, 11) is 0. The molecule has 17 heavy (non-hydrogen) atoms. The summed E-state index contributed by atoms with van der Waals surface area (Å²) in [5, 5.41) is 0. The number of Topliss-reactive ketones (excluding diaryl/α,β-unsaturated/α-hetero) is 1. The van der Waals surface area contributed by atoms with Crippen molar-refractivity contribution in [2.45, 2.75) is 19.8 Å². The molecule has 0 heterocycles. The Bertz CT molecular complexity index is 359. The number of unbranched alkanes of at least 4 members (excludes halogenated alkanes) is 1. The third-order valence-corrected chi connectivity index (χ3v) is 2.13. The molecule has 0 aliphatic rings. The van der Waals surface area contributed by atoms with Crippen LogP contribution in [0.15, 0.2) is 30.3 Å². The lowest BCUT2D eigenvalue weighted by atomic mass is 10.1. The molecule has 0 radical (unpaired) electrons. The zero-order valence-electron chi connectivity index (χ0n) is 9.85. The van der Waals surface area contributed by atoms with Crippen LogP contribution in [0.3, 0.4) is 0 Å². The van der Waals surface area contributed by atoms with E-state index in [2.05, 4.69) is 0 Å². The largest absolute Gasteiger partial charge is 0.508 e. The van der Waals surface area contributed by atoms with Gasteiger partial charge in [-0.3, -0.25) is 4.79 Å². The van der Waals surface area contributed by atoms with E-state index in [0.29, 0.717) is 12.2 Å². The van der Waals surface area contributed by atoms with Crippen LogP contribution in [0.2, 0.25) is 0 Å². The van der Waals surface area contributed by atoms with Gasteiger partial charge in [-0.1, -0.05) is 43.7 Å². The normalized spacial score (nSPS) is 9.71. The van der Waals surface area contributed by atoms with Gasteiger partial charge in [0.25, 0.3) is 0 Å². The van der Waals surface area contributed by atoms with Crippen molar-refractivity contribution in [3.63, 3.8) is 0 Å². The zero-order valence-corrected chi connectivity index (χ0v) is 9.85. The third-order valence-electron chi connectivity index (χ3n) is 2.13. The first kappa shape index (κ1) is 13.2. The summed E-state index contributed by atoms with van der Waals surface area (Å²) in [6.45, 7) is 2.04. The molecule has 1 aromatic rings. The number of ether oxygens (including phenoxy) is 2. The molecule has 0 unspecified atom stereocenters. The van der Waals surface area contributed by atoms with Gasteiger partial charge in [0, 0.05) is 5.56 Å². The molecule has 4 nitrogen and oxygen atoms in total. The third kappa shape index (κ3) is 5.15. The first-order chi connectivity index (χ1) is 8.24. The standard InChI is InChI=1S/C13H16O4/c1-2-3-9-16-13(15)17-10-12(14)11-7-5-4-6-8-11/h4-8H,2-3,9-10H2,1H3. The van der Waals surface area contributed by atoms with Crippen LogP contribution >= 0.6 is 0 Å². The first-order valence-corrected chi connectivity index (χ1v) is 5.62. The van der Waals surface area contributed by atoms with Gasteiger partial charge in [0.15, 0.2) is 12.4 Å². The molecule has 0 bridgehead atoms. The lowest BCUT2D eigenvalue weighted by Crippen LogP contribution is -2.15. The van der Waals surface area contributed by atoms with E-state index in [1.54, 1.807) is 24.3 Å². The highest BCUT2D eigenvalue weighted by molar-refractivity contribution is 5.97. The van der Waals surface area contributed by atoms with E-state index < -0.39 is 6.16 Å². The highest BCUT2D eigenvalue weighted by atomic mass is 16.7. The molecule has 0 N–H and O–H groups in total. The van der Waals surface area contributed by atoms with E-state index in [9.17, 15) is 9.59 Å². The van der Waals surface area contributed by atoms with Crippen LogP contribution in [-0.2, 0) is 9.47 Å². The number of hydrogen-bond donors (Lipinski definition) is 0. The summed E-state index contributed by atoms with van der Waals surface area (Å²) in [4.78, 5) is 22.6. The molecule has 1 aromatic carbocycles. The van der Waals surface area contributed by atoms with Gasteiger partial charge in [0.2, 0.25) is 0 Å². The molecule has 0 saturated carbocycles. The Labute approximate surface area is 101 Å². The maximum atomic E-state index is 11.5. The maximum Gasteiger partial charge on any atom is 0.508 e. The Balaban J connectivity index is 2.26. The molecule has 0 aliphatic heterocycles. The summed E-state index contributed by atoms with van der Waals surface area (Å²) in [5.41, 5.74) is 0.522. The number of carbonyl (C=O) groups is 2. The summed E-state index contributed by atoms with van der Waals surface area (Å²) in [5.74, 6) is -0.238. The first-order valence-electron chi connectivity index (χ1n) is 5.62. The van der Waals surface area contributed by atoms with Crippen molar-refractivity contribution < 1.29 is 19.1 Å². The Hall–Kier alpha value is -1.84. The fraction of sp³-hybridized carbons (Fsp3) is 0.385. The van der Waals surface area contributed by atoms with Crippen LogP contribution < -0.4 is 0 Å². The van der Waals surface area contributed by atoms with Crippen LogP contribution in [0.1, 0.15) is 30.1 Å². The van der Waals surface area contributed by atoms with Gasteiger partial charge in [0.1, 0.15) is 0 Å². The van der Waals surface area contributed by atoms with Gasteiger partial charge < -0.3 is 9.47 Å². The zero-order chi connectivity index (χ0) is 12.5. The minimum absolute atomic E-state index is 0.238. The summed E-state index contributed by atoms with van der Waals surface area (Å²) < 4.78 is 9.45. The molecule has 0 aromatic heterocycles. The SMILES string of the molecule is CCCCOC(=O)OCC(=O)c1ccccc1. The van der Waals surface area contributed by atoms with Crippen LogP contribution in [-0.4, -0.2) is 25.2 Å². The minimum atomic E-state index is -0.789. The van der Waals surface area contributed by atoms with Crippen molar-refractivity contribution in [3.8, 4) is 0 Å². The van der Waals surface area contributed by atoms with Gasteiger partial charge in [-0.25, -0.2) is 4.79 Å². The summed E-state index contributed by atoms with van der Waals surface area (Å²) >= 11 is 0. The molecule has 0 saturated heterocycles. The molecule has 1 rings (SSSR count). The van der Waals surface area contributed by atoms with Gasteiger partial charge in [0.05, 0.1) is 6.61 Å². The van der Waals surface area contributed by atoms with E-state index in [1.807, 2.05) is 13.0 Å². The number of ketones is 1. The number of hydrogen-bond acceptors (Lipinski definition) is 4. The predicted molar refractivity (Wildman–Crippen MR) is 63.0 cm³/mol. The predicted octanol–water partition coefficient (Wildman–Crippen LogP) is 2.82. The molecule has 0 aliphatic carbocycles. The average Bonchev–Trinajstić information content (AvgIpc) is 2.37. The Morgan fingerprint density at radius 2 is 1.82 bits per heavy atom. The average molecular weight is 236 g/mol. The van der Waals surface area contributed by atoms with Crippen LogP contribution in [0, 0.1) is 0 Å². The smallest absolute Gasteiger partial charge is 0.434 e. The quantitative estimate of drug-likeness (QED) is 0.433. The van der Waals surface area contributed by atoms with E-state index >= 15 is 0 Å². The van der Waals surface area contributed by atoms with Crippen molar-refractivity contribution in [2.24, 2.45) is 0 Å². The van der Waals surface area contributed by atoms with Crippen molar-refractivity contribution in [1.82, 2.24) is 0 Å². The van der Waals surface area contributed by atoms with Crippen molar-refractivity contribution >= 4 is 11.9 Å². The Morgan fingerprint density at radius 3 is 2.47 bits per heavy atom. The number of benzene rings is 1. The number of carbonyl (C=O) groups excluding carboxylic acids is 2. The Kier molecular flexibility index (Phi) is 5.79. The van der Waals surface area contributed by atoms with E-state index in [4.69, 9.17) is 9.47 Å². The second-order valence-corrected chi connectivity index (χ2v) is 3.53. The van der Waals surface area contributed by atoms with E-state index in [0.717, 1.165) is 12.8 Å². The summed E-state index contributed by atoms with van der Waals surface area (Å²) in [6, 6.07) is 8.68. The van der Waals surface area contributed by atoms with Crippen molar-refractivity contribution in [3.05, 3.63) is 35.9 Å². The topological polar surface area (TPSA) is 52.6 Å². The lowest BCUT2D eigenvalue weighted by Gasteiger charge is -2.05. The second-order valence-electron chi connectivity index (χ2n) is 3.53. The van der Waals surface area contributed by atoms with Gasteiger partial charge in [-0.15, -0.1) is 0 Å². The fourth-order valence-electron chi connectivity index (χ4n) is 1.17. The molecule has 0 fully saturated rings. The van der Waals surface area contributed by atoms with E-state index in [-0.39, 0.29) is 12.4 Å². The molecular weight excluding hydrogens is 220 g/mol. The molecule has 0 spiro atoms. The van der Waals surface area contributed by atoms with Gasteiger partial charge >= 0.3 is 6.16 Å². The minimum Gasteiger partial charge on any atom is -0.434 e. The van der Waals surface area contributed by atoms with Gasteiger partial charge in [-0.2, -0.15) is 0 Å². The highest BCUT2D eigenvalue weighted by Gasteiger charge is 2.09. The molecule has 0 atom stereocenters. The fourth-order valence-corrected chi connectivity index (χ4v) is 1.17. The summed E-state index contributed by atoms with van der Waals surface area (Å²) in [6.07, 6.45) is 0.945. The maximum absolute atomic E-state index is 11.5. The van der Waals surface area contributed by atoms with Crippen molar-refractivity contribution in [2.75, 3.05) is 13.2 Å². The van der Waals surface area contributed by atoms with Crippen LogP contribution in [0.25, 0.3) is 0 Å². The second kappa shape index (κ2) is 7.44. The van der Waals surface area contributed by atoms with Gasteiger partial charge in [-0.05, 0) is 6.42 Å². The number of rotatable bonds is 6. The molecule has 4 heteroatoms. The monoisotopic (exact) mass is 236 g/mol. The van der Waals surface area contributed by atoms with Crippen molar-refractivity contribution in [1.29, 1.82) is 0 Å². The molecule has 92 valence electrons. The molecular formula is C13H16O4. The molecule has 0 amide bonds. The van der Waals surface area contributed by atoms with Crippen LogP contribution in [0.4, 0.5) is 4.79 Å². The Morgan fingerprint density at radius 1 is 1.12 bits per heavy atom. The van der Waals surface area contributed by atoms with E-state index in [1.165, 1.54) is 0 Å². The lowest BCUT2D eigenvalue weighted by molar-refractivity contribution is 0.0491. The van der Waals surface area contributed by atoms with Crippen LogP contribution in [0.5, 0.6) is 0 Å². The highest BCUT2D eigenvalue weighted by Crippen LogP contribution is 2.01.